The smallest absolute Gasteiger partial charge is 0.370 e. The van der Waals surface area contributed by atoms with Crippen molar-refractivity contribution in [3.8, 4) is 0 Å². The molecule has 0 saturated carbocycles. The number of halogens is 3. The van der Waals surface area contributed by atoms with Crippen LogP contribution in [0.2, 0.25) is 0 Å². The number of rotatable bonds is 7. The number of ether oxygens (including phenoxy) is 1. The van der Waals surface area contributed by atoms with Gasteiger partial charge in [-0.05, 0) is 13.3 Å². The van der Waals surface area contributed by atoms with Crippen molar-refractivity contribution in [2.24, 2.45) is 5.73 Å². The predicted octanol–water partition coefficient (Wildman–Crippen LogP) is 1.20. The van der Waals surface area contributed by atoms with Crippen LogP contribution in [0, 0.1) is 0 Å². The molecule has 0 aliphatic rings. The Balaban J connectivity index is 3.72. The molecule has 4 nitrogen and oxygen atoms in total. The Morgan fingerprint density at radius 2 is 2.00 bits per heavy atom. The molecule has 1 unspecified atom stereocenters. The zero-order valence-electron chi connectivity index (χ0n) is 10.1. The first kappa shape index (κ1) is 16.2. The Morgan fingerprint density at radius 3 is 2.47 bits per heavy atom. The highest BCUT2D eigenvalue weighted by Crippen LogP contribution is 2.14. The van der Waals surface area contributed by atoms with E-state index < -0.39 is 18.3 Å². The van der Waals surface area contributed by atoms with Crippen molar-refractivity contribution >= 4 is 5.91 Å². The van der Waals surface area contributed by atoms with E-state index >= 15 is 0 Å². The maximum Gasteiger partial charge on any atom is 0.411 e. The monoisotopic (exact) mass is 256 g/mol. The summed E-state index contributed by atoms with van der Waals surface area (Å²) in [5.74, 6) is -0.380. The molecule has 17 heavy (non-hydrogen) atoms. The Hall–Kier alpha value is -0.820. The summed E-state index contributed by atoms with van der Waals surface area (Å²) in [6, 6.07) is 0. The molecular weight excluding hydrogens is 237 g/mol. The minimum Gasteiger partial charge on any atom is -0.370 e. The molecule has 1 amide bonds. The van der Waals surface area contributed by atoms with E-state index in [0.717, 1.165) is 6.42 Å². The molecule has 0 radical (unpaired) electrons. The molecule has 3 N–H and O–H groups in total. The third-order valence-corrected chi connectivity index (χ3v) is 2.09. The third kappa shape index (κ3) is 7.98. The molecule has 1 atom stereocenters. The number of carbonyl (C=O) groups is 1. The average molecular weight is 256 g/mol. The molecule has 0 aromatic heterocycles. The van der Waals surface area contributed by atoms with Crippen molar-refractivity contribution in [3.63, 3.8) is 0 Å². The minimum atomic E-state index is -4.34. The molecule has 0 rings (SSSR count). The van der Waals surface area contributed by atoms with Gasteiger partial charge in [0.05, 0.1) is 12.1 Å². The van der Waals surface area contributed by atoms with Crippen LogP contribution in [0.25, 0.3) is 0 Å². The Bertz CT molecular complexity index is 242. The number of alkyl halides is 3. The topological polar surface area (TPSA) is 64.4 Å². The predicted molar refractivity (Wildman–Crippen MR) is 57.4 cm³/mol. The molecule has 0 bridgehead atoms. The number of hydrogen-bond acceptors (Lipinski definition) is 3. The molecule has 0 spiro atoms. The summed E-state index contributed by atoms with van der Waals surface area (Å²) in [4.78, 5) is 11.5. The van der Waals surface area contributed by atoms with Crippen molar-refractivity contribution in [1.82, 2.24) is 5.32 Å². The fraction of sp³-hybridized carbons (Fsp3) is 0.900. The summed E-state index contributed by atoms with van der Waals surface area (Å²) in [5, 5.41) is 2.44. The molecule has 0 aliphatic heterocycles. The third-order valence-electron chi connectivity index (χ3n) is 2.09. The van der Waals surface area contributed by atoms with E-state index in [9.17, 15) is 18.0 Å². The molecule has 7 heteroatoms. The lowest BCUT2D eigenvalue weighted by Crippen LogP contribution is -2.52. The summed E-state index contributed by atoms with van der Waals surface area (Å²) >= 11 is 0. The summed E-state index contributed by atoms with van der Waals surface area (Å²) in [7, 11) is 0. The van der Waals surface area contributed by atoms with Crippen LogP contribution in [0.4, 0.5) is 13.2 Å². The Labute approximate surface area is 98.7 Å². The van der Waals surface area contributed by atoms with Gasteiger partial charge in [0.1, 0.15) is 6.61 Å². The second-order valence-electron chi connectivity index (χ2n) is 4.09. The summed E-state index contributed by atoms with van der Waals surface area (Å²) in [6.07, 6.45) is -3.07. The Kier molecular flexibility index (Phi) is 6.48. The minimum absolute atomic E-state index is 0.0193. The fourth-order valence-corrected chi connectivity index (χ4v) is 1.26. The molecule has 0 aliphatic carbocycles. The van der Waals surface area contributed by atoms with Crippen LogP contribution in [0.1, 0.15) is 26.7 Å². The molecule has 102 valence electrons. The quantitative estimate of drug-likeness (QED) is 0.673. The first-order valence-electron chi connectivity index (χ1n) is 5.40. The van der Waals surface area contributed by atoms with Gasteiger partial charge in [-0.25, -0.2) is 0 Å². The van der Waals surface area contributed by atoms with Gasteiger partial charge in [0, 0.05) is 6.54 Å². The van der Waals surface area contributed by atoms with Gasteiger partial charge in [0.15, 0.2) is 0 Å². The van der Waals surface area contributed by atoms with Crippen LogP contribution in [-0.4, -0.2) is 37.4 Å². The first-order chi connectivity index (χ1) is 7.69. The van der Waals surface area contributed by atoms with Gasteiger partial charge >= 0.3 is 6.18 Å². The maximum absolute atomic E-state index is 11.7. The van der Waals surface area contributed by atoms with Crippen molar-refractivity contribution in [2.75, 3.05) is 19.8 Å². The van der Waals surface area contributed by atoms with Crippen LogP contribution >= 0.6 is 0 Å². The lowest BCUT2D eigenvalue weighted by Gasteiger charge is -2.22. The van der Waals surface area contributed by atoms with Gasteiger partial charge in [-0.1, -0.05) is 13.3 Å². The van der Waals surface area contributed by atoms with Crippen molar-refractivity contribution in [1.29, 1.82) is 0 Å². The number of hydrogen-bond donors (Lipinski definition) is 2. The van der Waals surface area contributed by atoms with Gasteiger partial charge in [-0.15, -0.1) is 0 Å². The normalized spacial score (nSPS) is 15.4. The maximum atomic E-state index is 11.7. The van der Waals surface area contributed by atoms with Gasteiger partial charge in [-0.3, -0.25) is 4.79 Å². The van der Waals surface area contributed by atoms with Crippen molar-refractivity contribution < 1.29 is 22.7 Å². The molecule has 0 fully saturated rings. The number of nitrogens with one attached hydrogen (secondary N) is 1. The number of amides is 1. The second kappa shape index (κ2) is 6.80. The van der Waals surface area contributed by atoms with E-state index in [-0.39, 0.29) is 19.1 Å². The van der Waals surface area contributed by atoms with E-state index in [1.807, 2.05) is 6.92 Å². The van der Waals surface area contributed by atoms with Crippen LogP contribution < -0.4 is 11.1 Å². The molecule has 0 aromatic rings. The van der Waals surface area contributed by atoms with Gasteiger partial charge in [-0.2, -0.15) is 13.2 Å². The fourth-order valence-electron chi connectivity index (χ4n) is 1.26. The first-order valence-corrected chi connectivity index (χ1v) is 5.40. The number of carbonyl (C=O) groups excluding carboxylic acids is 1. The van der Waals surface area contributed by atoms with E-state index in [0.29, 0.717) is 6.42 Å². The van der Waals surface area contributed by atoms with Crippen molar-refractivity contribution in [2.45, 2.75) is 38.4 Å². The SMILES string of the molecule is CCCC(C)(N)C(=O)NCCOCC(F)(F)F. The van der Waals surface area contributed by atoms with Crippen LogP contribution in [-0.2, 0) is 9.53 Å². The van der Waals surface area contributed by atoms with E-state index in [1.165, 1.54) is 0 Å². The Morgan fingerprint density at radius 1 is 1.41 bits per heavy atom. The highest BCUT2D eigenvalue weighted by molar-refractivity contribution is 5.85. The van der Waals surface area contributed by atoms with E-state index in [1.54, 1.807) is 6.92 Å². The van der Waals surface area contributed by atoms with Crippen LogP contribution in [0.5, 0.6) is 0 Å². The molecule has 0 aromatic carbocycles. The summed E-state index contributed by atoms with van der Waals surface area (Å²) in [6.45, 7) is 2.00. The van der Waals surface area contributed by atoms with Gasteiger partial charge < -0.3 is 15.8 Å². The standard InChI is InChI=1S/C10H19F3N2O2/c1-3-4-9(2,14)8(16)15-5-6-17-7-10(11,12)13/h3-7,14H2,1-2H3,(H,15,16). The highest BCUT2D eigenvalue weighted by atomic mass is 19.4. The highest BCUT2D eigenvalue weighted by Gasteiger charge is 2.28. The molecular formula is C10H19F3N2O2. The largest absolute Gasteiger partial charge is 0.411 e. The van der Waals surface area contributed by atoms with Crippen LogP contribution in [0.3, 0.4) is 0 Å². The van der Waals surface area contributed by atoms with Crippen LogP contribution in [0.15, 0.2) is 0 Å². The number of nitrogens with two attached hydrogens (primary N) is 1. The van der Waals surface area contributed by atoms with Gasteiger partial charge in [0.25, 0.3) is 0 Å². The second-order valence-corrected chi connectivity index (χ2v) is 4.09. The van der Waals surface area contributed by atoms with Gasteiger partial charge in [0.2, 0.25) is 5.91 Å². The molecule has 0 heterocycles. The molecule has 0 saturated heterocycles. The van der Waals surface area contributed by atoms with Crippen molar-refractivity contribution in [3.05, 3.63) is 0 Å². The zero-order chi connectivity index (χ0) is 13.5. The lowest BCUT2D eigenvalue weighted by molar-refractivity contribution is -0.173. The summed E-state index contributed by atoms with van der Waals surface area (Å²) < 4.78 is 39.4. The lowest BCUT2D eigenvalue weighted by atomic mass is 9.97. The average Bonchev–Trinajstić information content (AvgIpc) is 2.15. The van der Waals surface area contributed by atoms with E-state index in [2.05, 4.69) is 10.1 Å². The van der Waals surface area contributed by atoms with E-state index in [4.69, 9.17) is 5.73 Å². The summed E-state index contributed by atoms with van der Waals surface area (Å²) in [5.41, 5.74) is 4.73. The zero-order valence-corrected chi connectivity index (χ0v) is 10.1.